The topological polar surface area (TPSA) is 26.0 Å². The maximum atomic E-state index is 5.64. The SMILES string of the molecule is c1ccc(CCCC(c2ncco2)C2CCCCC2)cc1. The van der Waals surface area contributed by atoms with Gasteiger partial charge in [-0.05, 0) is 43.6 Å². The van der Waals surface area contributed by atoms with E-state index >= 15 is 0 Å². The van der Waals surface area contributed by atoms with Crippen LogP contribution in [0.4, 0.5) is 0 Å². The highest BCUT2D eigenvalue weighted by molar-refractivity contribution is 5.14. The maximum absolute atomic E-state index is 5.64. The molecule has 0 radical (unpaired) electrons. The molecule has 21 heavy (non-hydrogen) atoms. The van der Waals surface area contributed by atoms with Crippen molar-refractivity contribution in [3.8, 4) is 0 Å². The first kappa shape index (κ1) is 14.4. The fourth-order valence-corrected chi connectivity index (χ4v) is 3.69. The van der Waals surface area contributed by atoms with Gasteiger partial charge in [0.25, 0.3) is 0 Å². The summed E-state index contributed by atoms with van der Waals surface area (Å²) in [5.74, 6) is 2.26. The quantitative estimate of drug-likeness (QED) is 0.713. The van der Waals surface area contributed by atoms with E-state index in [1.807, 2.05) is 0 Å². The van der Waals surface area contributed by atoms with Gasteiger partial charge in [0.05, 0.1) is 6.20 Å². The fraction of sp³-hybridized carbons (Fsp3) is 0.526. The lowest BCUT2D eigenvalue weighted by molar-refractivity contribution is 0.257. The summed E-state index contributed by atoms with van der Waals surface area (Å²) < 4.78 is 5.64. The van der Waals surface area contributed by atoms with E-state index in [1.54, 1.807) is 12.5 Å². The lowest BCUT2D eigenvalue weighted by atomic mass is 9.77. The zero-order valence-corrected chi connectivity index (χ0v) is 12.7. The third kappa shape index (κ3) is 3.96. The summed E-state index contributed by atoms with van der Waals surface area (Å²) in [6, 6.07) is 10.8. The molecule has 3 rings (SSSR count). The van der Waals surface area contributed by atoms with Crippen LogP contribution < -0.4 is 0 Å². The minimum absolute atomic E-state index is 0.518. The molecule has 1 fully saturated rings. The zero-order valence-electron chi connectivity index (χ0n) is 12.7. The number of aromatic nitrogens is 1. The summed E-state index contributed by atoms with van der Waals surface area (Å²) in [7, 11) is 0. The minimum atomic E-state index is 0.518. The van der Waals surface area contributed by atoms with E-state index in [0.717, 1.165) is 18.2 Å². The van der Waals surface area contributed by atoms with Gasteiger partial charge >= 0.3 is 0 Å². The molecule has 2 aromatic rings. The van der Waals surface area contributed by atoms with Crippen molar-refractivity contribution in [2.75, 3.05) is 0 Å². The summed E-state index contributed by atoms with van der Waals surface area (Å²) in [5.41, 5.74) is 1.44. The van der Waals surface area contributed by atoms with Gasteiger partial charge in [0.15, 0.2) is 5.89 Å². The highest BCUT2D eigenvalue weighted by Gasteiger charge is 2.27. The van der Waals surface area contributed by atoms with Crippen molar-refractivity contribution in [3.63, 3.8) is 0 Å². The lowest BCUT2D eigenvalue weighted by Gasteiger charge is -2.28. The third-order valence-corrected chi connectivity index (χ3v) is 4.81. The van der Waals surface area contributed by atoms with Crippen molar-refractivity contribution in [1.29, 1.82) is 0 Å². The molecule has 0 amide bonds. The summed E-state index contributed by atoms with van der Waals surface area (Å²) >= 11 is 0. The summed E-state index contributed by atoms with van der Waals surface area (Å²) in [4.78, 5) is 4.45. The second-order valence-electron chi connectivity index (χ2n) is 6.25. The molecule has 1 aromatic carbocycles. The molecule has 0 spiro atoms. The molecule has 1 unspecified atom stereocenters. The number of hydrogen-bond acceptors (Lipinski definition) is 2. The number of oxazole rings is 1. The Morgan fingerprint density at radius 1 is 1.10 bits per heavy atom. The molecule has 1 aliphatic rings. The van der Waals surface area contributed by atoms with Crippen LogP contribution in [0.2, 0.25) is 0 Å². The van der Waals surface area contributed by atoms with Gasteiger partial charge in [-0.1, -0.05) is 49.6 Å². The van der Waals surface area contributed by atoms with Gasteiger partial charge in [-0.25, -0.2) is 4.98 Å². The van der Waals surface area contributed by atoms with Crippen molar-refractivity contribution in [1.82, 2.24) is 4.98 Å². The Bertz CT molecular complexity index is 500. The van der Waals surface area contributed by atoms with Crippen LogP contribution in [-0.4, -0.2) is 4.98 Å². The maximum Gasteiger partial charge on any atom is 0.197 e. The second kappa shape index (κ2) is 7.44. The van der Waals surface area contributed by atoms with Crippen molar-refractivity contribution >= 4 is 0 Å². The standard InChI is InChI=1S/C19H25NO/c1-3-8-16(9-4-1)10-7-13-18(19-20-14-15-21-19)17-11-5-2-6-12-17/h1,3-4,8-9,14-15,17-18H,2,5-7,10-13H2. The first-order valence-corrected chi connectivity index (χ1v) is 8.37. The van der Waals surface area contributed by atoms with Gasteiger partial charge in [-0.15, -0.1) is 0 Å². The number of benzene rings is 1. The summed E-state index contributed by atoms with van der Waals surface area (Å²) in [6.45, 7) is 0. The molecule has 1 aromatic heterocycles. The molecule has 1 aliphatic carbocycles. The molecular formula is C19H25NO. The molecule has 1 atom stereocenters. The monoisotopic (exact) mass is 283 g/mol. The van der Waals surface area contributed by atoms with Crippen LogP contribution in [0.1, 0.15) is 62.3 Å². The molecule has 1 heterocycles. The van der Waals surface area contributed by atoms with Crippen LogP contribution >= 0.6 is 0 Å². The molecule has 0 bridgehead atoms. The Morgan fingerprint density at radius 3 is 2.62 bits per heavy atom. The van der Waals surface area contributed by atoms with Gasteiger partial charge in [0, 0.05) is 5.92 Å². The van der Waals surface area contributed by atoms with Crippen molar-refractivity contribution in [2.45, 2.75) is 57.3 Å². The molecular weight excluding hydrogens is 258 g/mol. The number of nitrogens with zero attached hydrogens (tertiary/aromatic N) is 1. The predicted molar refractivity (Wildman–Crippen MR) is 85.2 cm³/mol. The Hall–Kier alpha value is -1.57. The Morgan fingerprint density at radius 2 is 1.90 bits per heavy atom. The fourth-order valence-electron chi connectivity index (χ4n) is 3.69. The van der Waals surface area contributed by atoms with Crippen LogP contribution in [0.25, 0.3) is 0 Å². The zero-order chi connectivity index (χ0) is 14.3. The van der Waals surface area contributed by atoms with Crippen LogP contribution in [0.5, 0.6) is 0 Å². The van der Waals surface area contributed by atoms with Crippen molar-refractivity contribution in [2.24, 2.45) is 5.92 Å². The van der Waals surface area contributed by atoms with E-state index in [9.17, 15) is 0 Å². The highest BCUT2D eigenvalue weighted by atomic mass is 16.3. The van der Waals surface area contributed by atoms with Gasteiger partial charge in [-0.3, -0.25) is 0 Å². The van der Waals surface area contributed by atoms with Gasteiger partial charge in [0.2, 0.25) is 0 Å². The van der Waals surface area contributed by atoms with E-state index < -0.39 is 0 Å². The largest absolute Gasteiger partial charge is 0.449 e. The highest BCUT2D eigenvalue weighted by Crippen LogP contribution is 2.38. The number of hydrogen-bond donors (Lipinski definition) is 0. The average molecular weight is 283 g/mol. The first-order chi connectivity index (χ1) is 10.4. The molecule has 0 saturated heterocycles. The molecule has 1 saturated carbocycles. The molecule has 112 valence electrons. The average Bonchev–Trinajstić information content (AvgIpc) is 3.07. The smallest absolute Gasteiger partial charge is 0.197 e. The Labute approximate surface area is 127 Å². The van der Waals surface area contributed by atoms with Crippen LogP contribution in [0.3, 0.4) is 0 Å². The van der Waals surface area contributed by atoms with Crippen LogP contribution in [0, 0.1) is 5.92 Å². The van der Waals surface area contributed by atoms with Crippen molar-refractivity contribution in [3.05, 3.63) is 54.2 Å². The van der Waals surface area contributed by atoms with E-state index in [-0.39, 0.29) is 0 Å². The predicted octanol–water partition coefficient (Wildman–Crippen LogP) is 5.36. The molecule has 2 nitrogen and oxygen atoms in total. The summed E-state index contributed by atoms with van der Waals surface area (Å²) in [6.07, 6.45) is 13.9. The lowest BCUT2D eigenvalue weighted by Crippen LogP contribution is -2.17. The second-order valence-corrected chi connectivity index (χ2v) is 6.25. The van der Waals surface area contributed by atoms with Crippen LogP contribution in [-0.2, 0) is 6.42 Å². The third-order valence-electron chi connectivity index (χ3n) is 4.81. The van der Waals surface area contributed by atoms with Crippen molar-refractivity contribution < 1.29 is 4.42 Å². The number of rotatable bonds is 6. The molecule has 0 aliphatic heterocycles. The Kier molecular flexibility index (Phi) is 5.09. The summed E-state index contributed by atoms with van der Waals surface area (Å²) in [5, 5.41) is 0. The number of aryl methyl sites for hydroxylation is 1. The van der Waals surface area contributed by atoms with Gasteiger partial charge in [-0.2, -0.15) is 0 Å². The van der Waals surface area contributed by atoms with Crippen LogP contribution in [0.15, 0.2) is 47.2 Å². The molecule has 0 N–H and O–H groups in total. The normalized spacial score (nSPS) is 17.7. The Balaban J connectivity index is 1.59. The van der Waals surface area contributed by atoms with E-state index in [4.69, 9.17) is 4.42 Å². The minimum Gasteiger partial charge on any atom is -0.449 e. The van der Waals surface area contributed by atoms with Gasteiger partial charge < -0.3 is 4.42 Å². The molecule has 2 heteroatoms. The van der Waals surface area contributed by atoms with Gasteiger partial charge in [0.1, 0.15) is 6.26 Å². The van der Waals surface area contributed by atoms with E-state index in [2.05, 4.69) is 35.3 Å². The van der Waals surface area contributed by atoms with E-state index in [0.29, 0.717) is 5.92 Å². The first-order valence-electron chi connectivity index (χ1n) is 8.37. The van der Waals surface area contributed by atoms with E-state index in [1.165, 1.54) is 50.5 Å².